The molecule has 2 atom stereocenters. The smallest absolute Gasteiger partial charge is 0.318 e. The highest BCUT2D eigenvalue weighted by Gasteiger charge is 2.32. The lowest BCUT2D eigenvalue weighted by Gasteiger charge is -2.31. The molecule has 2 heterocycles. The van der Waals surface area contributed by atoms with E-state index in [1.807, 2.05) is 18.7 Å². The van der Waals surface area contributed by atoms with E-state index in [1.54, 1.807) is 0 Å². The van der Waals surface area contributed by atoms with Crippen molar-refractivity contribution in [2.75, 3.05) is 6.54 Å². The summed E-state index contributed by atoms with van der Waals surface area (Å²) in [5.41, 5.74) is 3.29. The number of nitrogens with one attached hydrogen (secondary N) is 1. The van der Waals surface area contributed by atoms with Crippen molar-refractivity contribution in [2.24, 2.45) is 13.0 Å². The minimum absolute atomic E-state index is 0.00266. The quantitative estimate of drug-likeness (QED) is 0.886. The molecule has 2 amide bonds. The highest BCUT2D eigenvalue weighted by atomic mass is 16.2. The Hall–Kier alpha value is -1.52. The molecule has 0 bridgehead atoms. The topological polar surface area (TPSA) is 50.2 Å². The first-order valence-corrected chi connectivity index (χ1v) is 10.0. The summed E-state index contributed by atoms with van der Waals surface area (Å²) < 4.78 is 1.90. The number of nitrogens with zero attached hydrogens (tertiary/aromatic N) is 3. The van der Waals surface area contributed by atoms with E-state index in [1.165, 1.54) is 44.9 Å². The Bertz CT molecular complexity index is 603. The molecule has 1 aliphatic carbocycles. The van der Waals surface area contributed by atoms with Gasteiger partial charge in [-0.15, -0.1) is 0 Å². The number of aryl methyl sites for hydroxylation is 2. The number of hydrogen-bond acceptors (Lipinski definition) is 2. The van der Waals surface area contributed by atoms with Crippen LogP contribution in [0.2, 0.25) is 0 Å². The maximum atomic E-state index is 12.9. The van der Waals surface area contributed by atoms with Crippen LogP contribution in [0.3, 0.4) is 0 Å². The molecule has 1 aliphatic heterocycles. The van der Waals surface area contributed by atoms with Crippen molar-refractivity contribution in [3.63, 3.8) is 0 Å². The van der Waals surface area contributed by atoms with Crippen LogP contribution in [0, 0.1) is 19.8 Å². The second-order valence-corrected chi connectivity index (χ2v) is 8.11. The van der Waals surface area contributed by atoms with Gasteiger partial charge in [0.15, 0.2) is 0 Å². The fraction of sp³-hybridized carbons (Fsp3) is 0.800. The fourth-order valence-electron chi connectivity index (χ4n) is 4.91. The molecular weight excluding hydrogens is 312 g/mol. The molecule has 1 aromatic heterocycles. The van der Waals surface area contributed by atoms with Crippen LogP contribution in [-0.4, -0.2) is 33.3 Å². The van der Waals surface area contributed by atoms with Gasteiger partial charge in [-0.25, -0.2) is 4.79 Å². The van der Waals surface area contributed by atoms with Crippen LogP contribution < -0.4 is 5.32 Å². The van der Waals surface area contributed by atoms with Gasteiger partial charge in [0, 0.05) is 30.9 Å². The number of amides is 2. The van der Waals surface area contributed by atoms with Crippen molar-refractivity contribution in [1.29, 1.82) is 0 Å². The molecule has 1 saturated heterocycles. The fourth-order valence-corrected chi connectivity index (χ4v) is 4.91. The zero-order chi connectivity index (χ0) is 18.0. The van der Waals surface area contributed by atoms with E-state index in [4.69, 9.17) is 0 Å². The highest BCUT2D eigenvalue weighted by molar-refractivity contribution is 5.75. The Morgan fingerprint density at radius 2 is 1.92 bits per heavy atom. The average Bonchev–Trinajstić information content (AvgIpc) is 3.13. The van der Waals surface area contributed by atoms with Gasteiger partial charge in [0.25, 0.3) is 0 Å². The van der Waals surface area contributed by atoms with Gasteiger partial charge in [-0.3, -0.25) is 4.68 Å². The summed E-state index contributed by atoms with van der Waals surface area (Å²) in [6.07, 6.45) is 10.4. The van der Waals surface area contributed by atoms with Gasteiger partial charge >= 0.3 is 6.03 Å². The monoisotopic (exact) mass is 346 g/mol. The lowest BCUT2D eigenvalue weighted by Crippen LogP contribution is -2.44. The minimum atomic E-state index is -0.00266. The van der Waals surface area contributed by atoms with Gasteiger partial charge in [0.05, 0.1) is 11.7 Å². The number of aromatic nitrogens is 2. The van der Waals surface area contributed by atoms with Gasteiger partial charge in [-0.1, -0.05) is 32.1 Å². The number of likely N-dealkylation sites (tertiary alicyclic amines) is 1. The highest BCUT2D eigenvalue weighted by Crippen LogP contribution is 2.32. The summed E-state index contributed by atoms with van der Waals surface area (Å²) in [7, 11) is 1.96. The summed E-state index contributed by atoms with van der Waals surface area (Å²) in [6, 6.07) is 0.539. The molecule has 0 radical (unpaired) electrons. The summed E-state index contributed by atoms with van der Waals surface area (Å²) in [6.45, 7) is 7.06. The van der Waals surface area contributed by atoms with Crippen LogP contribution in [0.15, 0.2) is 0 Å². The SMILES string of the molecule is Cc1nn(C)c(C)c1[C@@H](C)NC(=O)N1CCC[C@H]1CC1CCCCC1. The van der Waals surface area contributed by atoms with Gasteiger partial charge in [-0.2, -0.15) is 5.10 Å². The normalized spacial score (nSPS) is 23.0. The van der Waals surface area contributed by atoms with Crippen molar-refractivity contribution in [3.8, 4) is 0 Å². The van der Waals surface area contributed by atoms with Crippen molar-refractivity contribution < 1.29 is 4.79 Å². The standard InChI is InChI=1S/C20H34N4O/c1-14(19-15(2)22-23(4)16(19)3)21-20(25)24-12-8-11-18(24)13-17-9-6-5-7-10-17/h14,17-18H,5-13H2,1-4H3,(H,21,25)/t14-,18+/m1/s1. The average molecular weight is 347 g/mol. The Labute approximate surface area is 152 Å². The van der Waals surface area contributed by atoms with E-state index < -0.39 is 0 Å². The van der Waals surface area contributed by atoms with Crippen molar-refractivity contribution in [2.45, 2.75) is 84.2 Å². The molecule has 1 aromatic rings. The van der Waals surface area contributed by atoms with Crippen molar-refractivity contribution >= 4 is 6.03 Å². The number of rotatable bonds is 4. The van der Waals surface area contributed by atoms with Crippen LogP contribution in [0.1, 0.15) is 81.3 Å². The Morgan fingerprint density at radius 3 is 2.56 bits per heavy atom. The lowest BCUT2D eigenvalue weighted by atomic mass is 9.84. The Balaban J connectivity index is 1.61. The second-order valence-electron chi connectivity index (χ2n) is 8.11. The zero-order valence-electron chi connectivity index (χ0n) is 16.3. The summed E-state index contributed by atoms with van der Waals surface area (Å²) in [4.78, 5) is 15.0. The van der Waals surface area contributed by atoms with E-state index in [0.29, 0.717) is 6.04 Å². The first-order chi connectivity index (χ1) is 12.0. The molecule has 0 aromatic carbocycles. The molecule has 140 valence electrons. The van der Waals surface area contributed by atoms with Gasteiger partial charge in [0.2, 0.25) is 0 Å². The maximum absolute atomic E-state index is 12.9. The van der Waals surface area contributed by atoms with Crippen molar-refractivity contribution in [1.82, 2.24) is 20.0 Å². The van der Waals surface area contributed by atoms with Crippen LogP contribution in [0.4, 0.5) is 4.79 Å². The number of hydrogen-bond donors (Lipinski definition) is 1. The van der Waals surface area contributed by atoms with E-state index in [0.717, 1.165) is 35.8 Å². The lowest BCUT2D eigenvalue weighted by molar-refractivity contribution is 0.175. The summed E-state index contributed by atoms with van der Waals surface area (Å²) in [5, 5.41) is 7.71. The Kier molecular flexibility index (Phi) is 5.70. The van der Waals surface area contributed by atoms with E-state index in [-0.39, 0.29) is 12.1 Å². The third kappa shape index (κ3) is 4.01. The number of carbonyl (C=O) groups is 1. The van der Waals surface area contributed by atoms with E-state index in [9.17, 15) is 4.79 Å². The molecule has 5 nitrogen and oxygen atoms in total. The predicted octanol–water partition coefficient (Wildman–Crippen LogP) is 4.24. The molecule has 1 saturated carbocycles. The predicted molar refractivity (Wildman–Crippen MR) is 101 cm³/mol. The van der Waals surface area contributed by atoms with Gasteiger partial charge in [-0.05, 0) is 46.0 Å². The molecule has 0 spiro atoms. The minimum Gasteiger partial charge on any atom is -0.331 e. The molecule has 2 fully saturated rings. The van der Waals surface area contributed by atoms with Crippen LogP contribution in [-0.2, 0) is 7.05 Å². The molecule has 5 heteroatoms. The van der Waals surface area contributed by atoms with E-state index in [2.05, 4.69) is 29.2 Å². The van der Waals surface area contributed by atoms with E-state index >= 15 is 0 Å². The molecular formula is C20H34N4O. The molecule has 2 aliphatic rings. The zero-order valence-corrected chi connectivity index (χ0v) is 16.3. The largest absolute Gasteiger partial charge is 0.331 e. The maximum Gasteiger partial charge on any atom is 0.318 e. The third-order valence-electron chi connectivity index (χ3n) is 6.31. The summed E-state index contributed by atoms with van der Waals surface area (Å²) >= 11 is 0. The summed E-state index contributed by atoms with van der Waals surface area (Å²) in [5.74, 6) is 0.826. The molecule has 0 unspecified atom stereocenters. The first-order valence-electron chi connectivity index (χ1n) is 10.0. The number of urea groups is 1. The molecule has 25 heavy (non-hydrogen) atoms. The first kappa shape index (κ1) is 18.3. The van der Waals surface area contributed by atoms with Gasteiger partial charge < -0.3 is 10.2 Å². The molecule has 1 N–H and O–H groups in total. The van der Waals surface area contributed by atoms with Crippen molar-refractivity contribution in [3.05, 3.63) is 17.0 Å². The van der Waals surface area contributed by atoms with Crippen LogP contribution in [0.25, 0.3) is 0 Å². The Morgan fingerprint density at radius 1 is 1.20 bits per heavy atom. The molecule has 3 rings (SSSR count). The number of carbonyl (C=O) groups excluding carboxylic acids is 1. The van der Waals surface area contributed by atoms with Gasteiger partial charge in [0.1, 0.15) is 0 Å². The third-order valence-corrected chi connectivity index (χ3v) is 6.31. The van der Waals surface area contributed by atoms with Crippen LogP contribution >= 0.6 is 0 Å². The van der Waals surface area contributed by atoms with Crippen LogP contribution in [0.5, 0.6) is 0 Å². The second kappa shape index (κ2) is 7.79.